The van der Waals surface area contributed by atoms with Crippen molar-refractivity contribution in [1.82, 2.24) is 9.88 Å². The molecule has 18 heavy (non-hydrogen) atoms. The molecule has 1 aliphatic rings. The van der Waals surface area contributed by atoms with Gasteiger partial charge in [-0.05, 0) is 12.1 Å². The summed E-state index contributed by atoms with van der Waals surface area (Å²) in [5.74, 6) is 0.828. The number of ether oxygens (including phenoxy) is 1. The molecule has 0 saturated carbocycles. The molecule has 2 aromatic rings. The fourth-order valence-corrected chi connectivity index (χ4v) is 2.38. The molecule has 4 nitrogen and oxygen atoms in total. The average molecular weight is 243 g/mol. The lowest BCUT2D eigenvalue weighted by Crippen LogP contribution is -2.54. The van der Waals surface area contributed by atoms with Crippen molar-refractivity contribution in [2.24, 2.45) is 5.73 Å². The van der Waals surface area contributed by atoms with Gasteiger partial charge in [0.25, 0.3) is 0 Å². The summed E-state index contributed by atoms with van der Waals surface area (Å²) in [5, 5.41) is 1.11. The summed E-state index contributed by atoms with van der Waals surface area (Å²) in [6.07, 6.45) is 0. The number of likely N-dealkylation sites (tertiary alicyclic amines) is 1. The van der Waals surface area contributed by atoms with Crippen molar-refractivity contribution >= 4 is 10.9 Å². The number of methoxy groups -OCH3 is 1. The van der Waals surface area contributed by atoms with E-state index in [1.165, 1.54) is 0 Å². The zero-order valence-corrected chi connectivity index (χ0v) is 10.5. The summed E-state index contributed by atoms with van der Waals surface area (Å²) in [6, 6.07) is 10.5. The van der Waals surface area contributed by atoms with Crippen LogP contribution in [0.25, 0.3) is 10.9 Å². The Balaban J connectivity index is 1.89. The number of hydrogen-bond acceptors (Lipinski definition) is 4. The number of rotatable bonds is 3. The molecule has 0 bridgehead atoms. The van der Waals surface area contributed by atoms with Crippen molar-refractivity contribution in [2.45, 2.75) is 12.6 Å². The van der Waals surface area contributed by atoms with E-state index in [-0.39, 0.29) is 0 Å². The number of nitrogens with two attached hydrogens (primary N) is 1. The molecule has 0 amide bonds. The van der Waals surface area contributed by atoms with Crippen LogP contribution in [0.5, 0.6) is 5.75 Å². The molecule has 1 aliphatic heterocycles. The van der Waals surface area contributed by atoms with Crippen LogP contribution < -0.4 is 10.5 Å². The molecule has 4 heteroatoms. The van der Waals surface area contributed by atoms with Gasteiger partial charge in [-0.3, -0.25) is 4.90 Å². The van der Waals surface area contributed by atoms with Gasteiger partial charge >= 0.3 is 0 Å². The molecule has 1 aromatic carbocycles. The fourth-order valence-electron chi connectivity index (χ4n) is 2.38. The van der Waals surface area contributed by atoms with E-state index in [1.54, 1.807) is 7.11 Å². The van der Waals surface area contributed by atoms with Gasteiger partial charge in [-0.15, -0.1) is 0 Å². The standard InChI is InChI=1S/C14H17N3O/c1-18-13-4-2-3-10-5-6-12(16-14(10)13)9-17-7-11(15)8-17/h2-6,11H,7-9,15H2,1H3. The highest BCUT2D eigenvalue weighted by Gasteiger charge is 2.23. The van der Waals surface area contributed by atoms with E-state index in [0.29, 0.717) is 6.04 Å². The Bertz CT molecular complexity index is 564. The molecule has 0 spiro atoms. The molecular weight excluding hydrogens is 226 g/mol. The van der Waals surface area contributed by atoms with Crippen LogP contribution in [0.3, 0.4) is 0 Å². The van der Waals surface area contributed by atoms with Crippen LogP contribution in [0.15, 0.2) is 30.3 Å². The summed E-state index contributed by atoms with van der Waals surface area (Å²) in [4.78, 5) is 6.99. The van der Waals surface area contributed by atoms with Gasteiger partial charge in [0.1, 0.15) is 11.3 Å². The topological polar surface area (TPSA) is 51.4 Å². The predicted octanol–water partition coefficient (Wildman–Crippen LogP) is 1.39. The lowest BCUT2D eigenvalue weighted by molar-refractivity contribution is 0.141. The highest BCUT2D eigenvalue weighted by atomic mass is 16.5. The molecule has 2 heterocycles. The third-order valence-corrected chi connectivity index (χ3v) is 3.33. The Morgan fingerprint density at radius 3 is 2.89 bits per heavy atom. The van der Waals surface area contributed by atoms with Crippen molar-refractivity contribution < 1.29 is 4.74 Å². The van der Waals surface area contributed by atoms with Gasteiger partial charge in [0.15, 0.2) is 0 Å². The number of hydrogen-bond donors (Lipinski definition) is 1. The van der Waals surface area contributed by atoms with Crippen LogP contribution >= 0.6 is 0 Å². The smallest absolute Gasteiger partial charge is 0.145 e. The lowest BCUT2D eigenvalue weighted by atomic mass is 10.1. The van der Waals surface area contributed by atoms with E-state index < -0.39 is 0 Å². The zero-order chi connectivity index (χ0) is 12.5. The highest BCUT2D eigenvalue weighted by Crippen LogP contribution is 2.24. The molecule has 0 atom stereocenters. The summed E-state index contributed by atoms with van der Waals surface area (Å²) < 4.78 is 5.35. The van der Waals surface area contributed by atoms with Crippen LogP contribution in [0.4, 0.5) is 0 Å². The molecular formula is C14H17N3O. The number of fused-ring (bicyclic) bond motifs is 1. The van der Waals surface area contributed by atoms with Crippen molar-refractivity contribution in [3.8, 4) is 5.75 Å². The molecule has 3 rings (SSSR count). The number of aromatic nitrogens is 1. The normalized spacial score (nSPS) is 16.8. The molecule has 1 aromatic heterocycles. The maximum atomic E-state index is 5.78. The minimum atomic E-state index is 0.333. The van der Waals surface area contributed by atoms with Crippen molar-refractivity contribution in [1.29, 1.82) is 0 Å². The summed E-state index contributed by atoms with van der Waals surface area (Å²) in [6.45, 7) is 2.79. The molecule has 0 aliphatic carbocycles. The minimum absolute atomic E-state index is 0.333. The third kappa shape index (κ3) is 2.05. The van der Waals surface area contributed by atoms with E-state index in [9.17, 15) is 0 Å². The number of benzene rings is 1. The first-order chi connectivity index (χ1) is 8.76. The highest BCUT2D eigenvalue weighted by molar-refractivity contribution is 5.84. The van der Waals surface area contributed by atoms with Crippen molar-refractivity contribution in [3.63, 3.8) is 0 Å². The SMILES string of the molecule is COc1cccc2ccc(CN3CC(N)C3)nc12. The Morgan fingerprint density at radius 1 is 1.33 bits per heavy atom. The van der Waals surface area contributed by atoms with Crippen LogP contribution in [0.1, 0.15) is 5.69 Å². The quantitative estimate of drug-likeness (QED) is 0.885. The second kappa shape index (κ2) is 4.55. The molecule has 94 valence electrons. The summed E-state index contributed by atoms with van der Waals surface area (Å²) >= 11 is 0. The second-order valence-electron chi connectivity index (χ2n) is 4.79. The number of para-hydroxylation sites is 1. The molecule has 1 fully saturated rings. The largest absolute Gasteiger partial charge is 0.494 e. The maximum absolute atomic E-state index is 5.78. The summed E-state index contributed by atoms with van der Waals surface area (Å²) in [7, 11) is 1.68. The van der Waals surface area contributed by atoms with Crippen LogP contribution in [-0.2, 0) is 6.54 Å². The van der Waals surface area contributed by atoms with Crippen LogP contribution in [0.2, 0.25) is 0 Å². The van der Waals surface area contributed by atoms with E-state index in [4.69, 9.17) is 10.5 Å². The van der Waals surface area contributed by atoms with Crippen LogP contribution in [0, 0.1) is 0 Å². The molecule has 0 unspecified atom stereocenters. The first-order valence-electron chi connectivity index (χ1n) is 6.17. The summed E-state index contributed by atoms with van der Waals surface area (Å²) in [5.41, 5.74) is 7.78. The number of pyridine rings is 1. The maximum Gasteiger partial charge on any atom is 0.145 e. The van der Waals surface area contributed by atoms with Crippen molar-refractivity contribution in [3.05, 3.63) is 36.0 Å². The van der Waals surface area contributed by atoms with Gasteiger partial charge in [-0.25, -0.2) is 4.98 Å². The van der Waals surface area contributed by atoms with Gasteiger partial charge in [0, 0.05) is 31.1 Å². The van der Waals surface area contributed by atoms with E-state index in [2.05, 4.69) is 22.0 Å². The lowest BCUT2D eigenvalue weighted by Gasteiger charge is -2.36. The number of nitrogens with zero attached hydrogens (tertiary/aromatic N) is 2. The monoisotopic (exact) mass is 243 g/mol. The Labute approximate surface area is 106 Å². The molecule has 2 N–H and O–H groups in total. The first-order valence-corrected chi connectivity index (χ1v) is 6.17. The van der Waals surface area contributed by atoms with Gasteiger partial charge in [0.2, 0.25) is 0 Å². The second-order valence-corrected chi connectivity index (χ2v) is 4.79. The van der Waals surface area contributed by atoms with Gasteiger partial charge in [-0.2, -0.15) is 0 Å². The molecule has 0 radical (unpaired) electrons. The van der Waals surface area contributed by atoms with Crippen LogP contribution in [-0.4, -0.2) is 36.1 Å². The minimum Gasteiger partial charge on any atom is -0.494 e. The first kappa shape index (κ1) is 11.4. The van der Waals surface area contributed by atoms with E-state index in [0.717, 1.165) is 42.0 Å². The fraction of sp³-hybridized carbons (Fsp3) is 0.357. The van der Waals surface area contributed by atoms with Gasteiger partial charge in [-0.1, -0.05) is 18.2 Å². The van der Waals surface area contributed by atoms with E-state index in [1.807, 2.05) is 18.2 Å². The Hall–Kier alpha value is -1.65. The van der Waals surface area contributed by atoms with Gasteiger partial charge in [0.05, 0.1) is 12.8 Å². The predicted molar refractivity (Wildman–Crippen MR) is 71.5 cm³/mol. The zero-order valence-electron chi connectivity index (χ0n) is 10.5. The molecule has 1 saturated heterocycles. The third-order valence-electron chi connectivity index (χ3n) is 3.33. The van der Waals surface area contributed by atoms with Gasteiger partial charge < -0.3 is 10.5 Å². The Morgan fingerprint density at radius 2 is 2.17 bits per heavy atom. The van der Waals surface area contributed by atoms with E-state index >= 15 is 0 Å². The Kier molecular flexibility index (Phi) is 2.89. The average Bonchev–Trinajstić information content (AvgIpc) is 2.36. The van der Waals surface area contributed by atoms with Crippen molar-refractivity contribution in [2.75, 3.05) is 20.2 Å².